The first-order chi connectivity index (χ1) is 9.99. The summed E-state index contributed by atoms with van der Waals surface area (Å²) < 4.78 is 39.0. The van der Waals surface area contributed by atoms with Crippen molar-refractivity contribution in [1.29, 1.82) is 0 Å². The monoisotopic (exact) mass is 314 g/mol. The summed E-state index contributed by atoms with van der Waals surface area (Å²) in [6.07, 6.45) is 0. The Morgan fingerprint density at radius 1 is 1.05 bits per heavy atom. The van der Waals surface area contributed by atoms with Gasteiger partial charge in [-0.25, -0.2) is 13.2 Å². The molecule has 2 N–H and O–H groups in total. The molecule has 1 aromatic heterocycles. The van der Waals surface area contributed by atoms with Gasteiger partial charge in [0.15, 0.2) is 17.5 Å². The molecule has 0 bridgehead atoms. The quantitative estimate of drug-likeness (QED) is 0.675. The molecular weight excluding hydrogens is 305 g/mol. The number of benzene rings is 1. The fraction of sp³-hybridized carbons (Fsp3) is 0.0769. The molecule has 1 heterocycles. The van der Waals surface area contributed by atoms with Gasteiger partial charge in [-0.1, -0.05) is 0 Å². The van der Waals surface area contributed by atoms with Crippen molar-refractivity contribution < 1.29 is 22.8 Å². The summed E-state index contributed by atoms with van der Waals surface area (Å²) in [5.74, 6) is -6.84. The fourth-order valence-corrected chi connectivity index (χ4v) is 2.13. The molecule has 0 aliphatic rings. The van der Waals surface area contributed by atoms with Gasteiger partial charge in [0.2, 0.25) is 0 Å². The molecule has 0 fully saturated rings. The number of carbonyl (C=O) groups is 2. The maximum absolute atomic E-state index is 13.3. The smallest absolute Gasteiger partial charge is 0.313 e. The van der Waals surface area contributed by atoms with Crippen molar-refractivity contribution in [2.24, 2.45) is 0 Å². The van der Waals surface area contributed by atoms with E-state index in [9.17, 15) is 22.8 Å². The highest BCUT2D eigenvalue weighted by atomic mass is 32.1. The van der Waals surface area contributed by atoms with Gasteiger partial charge in [0, 0.05) is 6.54 Å². The Balaban J connectivity index is 1.98. The zero-order valence-electron chi connectivity index (χ0n) is 10.5. The Morgan fingerprint density at radius 2 is 1.81 bits per heavy atom. The second-order valence-electron chi connectivity index (χ2n) is 3.99. The Morgan fingerprint density at radius 3 is 2.48 bits per heavy atom. The molecule has 0 aliphatic heterocycles. The maximum Gasteiger partial charge on any atom is 0.313 e. The van der Waals surface area contributed by atoms with Crippen molar-refractivity contribution in [3.8, 4) is 0 Å². The van der Waals surface area contributed by atoms with Crippen LogP contribution in [0.3, 0.4) is 0 Å². The van der Waals surface area contributed by atoms with Gasteiger partial charge in [0.25, 0.3) is 0 Å². The van der Waals surface area contributed by atoms with E-state index in [1.54, 1.807) is 16.8 Å². The zero-order valence-corrected chi connectivity index (χ0v) is 11.3. The lowest BCUT2D eigenvalue weighted by atomic mass is 10.2. The average molecular weight is 314 g/mol. The van der Waals surface area contributed by atoms with Crippen LogP contribution < -0.4 is 10.6 Å². The summed E-state index contributed by atoms with van der Waals surface area (Å²) in [6.45, 7) is 0.135. The van der Waals surface area contributed by atoms with Crippen molar-refractivity contribution in [3.63, 3.8) is 0 Å². The minimum Gasteiger partial charge on any atom is -0.344 e. The Labute approximate surface area is 121 Å². The SMILES string of the molecule is O=C(NCc1ccsc1)C(=O)Nc1ccc(F)c(F)c1F. The first kappa shape index (κ1) is 15.0. The van der Waals surface area contributed by atoms with Gasteiger partial charge in [-0.05, 0) is 34.5 Å². The summed E-state index contributed by atoms with van der Waals surface area (Å²) in [6, 6.07) is 3.24. The maximum atomic E-state index is 13.3. The average Bonchev–Trinajstić information content (AvgIpc) is 2.98. The standard InChI is InChI=1S/C13H9F3N2O2S/c14-8-1-2-9(11(16)10(8)15)18-13(20)12(19)17-5-7-3-4-21-6-7/h1-4,6H,5H2,(H,17,19)(H,18,20). The van der Waals surface area contributed by atoms with E-state index in [1.165, 1.54) is 11.3 Å². The number of anilines is 1. The van der Waals surface area contributed by atoms with Gasteiger partial charge in [-0.3, -0.25) is 9.59 Å². The number of halogens is 3. The van der Waals surface area contributed by atoms with Crippen molar-refractivity contribution in [2.75, 3.05) is 5.32 Å². The molecule has 2 aromatic rings. The highest BCUT2D eigenvalue weighted by molar-refractivity contribution is 7.07. The van der Waals surface area contributed by atoms with Crippen LogP contribution in [0.4, 0.5) is 18.9 Å². The normalized spacial score (nSPS) is 10.2. The van der Waals surface area contributed by atoms with Gasteiger partial charge in [0.1, 0.15) is 0 Å². The number of rotatable bonds is 3. The molecule has 2 amide bonds. The van der Waals surface area contributed by atoms with Gasteiger partial charge in [-0.2, -0.15) is 11.3 Å². The molecule has 2 rings (SSSR count). The van der Waals surface area contributed by atoms with Gasteiger partial charge < -0.3 is 10.6 Å². The molecule has 0 radical (unpaired) electrons. The third kappa shape index (κ3) is 3.60. The van der Waals surface area contributed by atoms with E-state index in [0.717, 1.165) is 11.6 Å². The summed E-state index contributed by atoms with van der Waals surface area (Å²) in [4.78, 5) is 23.0. The molecule has 21 heavy (non-hydrogen) atoms. The lowest BCUT2D eigenvalue weighted by Crippen LogP contribution is -2.35. The number of nitrogens with one attached hydrogen (secondary N) is 2. The summed E-state index contributed by atoms with van der Waals surface area (Å²) in [5, 5.41) is 7.78. The molecule has 0 aliphatic carbocycles. The van der Waals surface area contributed by atoms with Crippen LogP contribution in [-0.4, -0.2) is 11.8 Å². The summed E-state index contributed by atoms with van der Waals surface area (Å²) >= 11 is 1.43. The van der Waals surface area contributed by atoms with Crippen LogP contribution in [0.5, 0.6) is 0 Å². The molecule has 110 valence electrons. The van der Waals surface area contributed by atoms with Gasteiger partial charge in [0.05, 0.1) is 5.69 Å². The highest BCUT2D eigenvalue weighted by Gasteiger charge is 2.19. The van der Waals surface area contributed by atoms with E-state index < -0.39 is 35.0 Å². The van der Waals surface area contributed by atoms with Crippen molar-refractivity contribution in [3.05, 3.63) is 52.0 Å². The van der Waals surface area contributed by atoms with Crippen LogP contribution in [0, 0.1) is 17.5 Å². The Kier molecular flexibility index (Phi) is 4.59. The Hall–Kier alpha value is -2.35. The van der Waals surface area contributed by atoms with Crippen molar-refractivity contribution in [2.45, 2.75) is 6.54 Å². The number of thiophene rings is 1. The van der Waals surface area contributed by atoms with Crippen molar-refractivity contribution in [1.82, 2.24) is 5.32 Å². The van der Waals surface area contributed by atoms with Crippen LogP contribution in [-0.2, 0) is 16.1 Å². The van der Waals surface area contributed by atoms with Gasteiger partial charge >= 0.3 is 11.8 Å². The summed E-state index contributed by atoms with van der Waals surface area (Å²) in [7, 11) is 0. The van der Waals surface area contributed by atoms with Crippen LogP contribution >= 0.6 is 11.3 Å². The minimum absolute atomic E-state index is 0.135. The lowest BCUT2D eigenvalue weighted by Gasteiger charge is -2.07. The summed E-state index contributed by atoms with van der Waals surface area (Å²) in [5.41, 5.74) is 0.199. The molecule has 1 aromatic carbocycles. The lowest BCUT2D eigenvalue weighted by molar-refractivity contribution is -0.136. The van der Waals surface area contributed by atoms with E-state index in [2.05, 4.69) is 5.32 Å². The second kappa shape index (κ2) is 6.40. The van der Waals surface area contributed by atoms with E-state index >= 15 is 0 Å². The number of hydrogen-bond donors (Lipinski definition) is 2. The number of amides is 2. The first-order valence-electron chi connectivity index (χ1n) is 5.73. The van der Waals surface area contributed by atoms with Crippen LogP contribution in [0.25, 0.3) is 0 Å². The molecular formula is C13H9F3N2O2S. The predicted octanol–water partition coefficient (Wildman–Crippen LogP) is 2.42. The predicted molar refractivity (Wildman–Crippen MR) is 71.1 cm³/mol. The van der Waals surface area contributed by atoms with E-state index in [1.807, 2.05) is 5.32 Å². The molecule has 4 nitrogen and oxygen atoms in total. The molecule has 0 unspecified atom stereocenters. The third-order valence-electron chi connectivity index (χ3n) is 2.52. The largest absolute Gasteiger partial charge is 0.344 e. The Bertz CT molecular complexity index is 674. The van der Waals surface area contributed by atoms with Crippen LogP contribution in [0.2, 0.25) is 0 Å². The molecule has 0 saturated carbocycles. The third-order valence-corrected chi connectivity index (χ3v) is 3.25. The topological polar surface area (TPSA) is 58.2 Å². The molecule has 8 heteroatoms. The highest BCUT2D eigenvalue weighted by Crippen LogP contribution is 2.19. The number of hydrogen-bond acceptors (Lipinski definition) is 3. The van der Waals surface area contributed by atoms with Crippen molar-refractivity contribution >= 4 is 28.8 Å². The fourth-order valence-electron chi connectivity index (χ4n) is 1.46. The van der Waals surface area contributed by atoms with Gasteiger partial charge in [-0.15, -0.1) is 0 Å². The van der Waals surface area contributed by atoms with Crippen LogP contribution in [0.15, 0.2) is 29.0 Å². The molecule has 0 saturated heterocycles. The van der Waals surface area contributed by atoms with Crippen LogP contribution in [0.1, 0.15) is 5.56 Å². The first-order valence-corrected chi connectivity index (χ1v) is 6.67. The molecule has 0 spiro atoms. The zero-order chi connectivity index (χ0) is 15.4. The van der Waals surface area contributed by atoms with E-state index in [-0.39, 0.29) is 6.54 Å². The molecule has 0 atom stereocenters. The van der Waals surface area contributed by atoms with E-state index in [0.29, 0.717) is 6.07 Å². The minimum atomic E-state index is -1.72. The van der Waals surface area contributed by atoms with E-state index in [4.69, 9.17) is 0 Å². The number of carbonyl (C=O) groups excluding carboxylic acids is 2. The second-order valence-corrected chi connectivity index (χ2v) is 4.77.